The third-order valence-corrected chi connectivity index (χ3v) is 7.31. The SMILES string of the molecule is Cc1ccc(C(=O)NC(C(C)C)C(C)C)cc1S(=O)(=O)N1CCN(C)CC1. The predicted molar refractivity (Wildman–Crippen MR) is 108 cm³/mol. The van der Waals surface area contributed by atoms with Crippen LogP contribution < -0.4 is 5.32 Å². The number of nitrogens with one attached hydrogen (secondary N) is 1. The molecule has 1 amide bonds. The molecule has 1 N–H and O–H groups in total. The molecule has 1 aliphatic heterocycles. The first-order valence-corrected chi connectivity index (χ1v) is 11.1. The lowest BCUT2D eigenvalue weighted by Gasteiger charge is -2.32. The summed E-state index contributed by atoms with van der Waals surface area (Å²) in [5, 5.41) is 3.06. The fourth-order valence-corrected chi connectivity index (χ4v) is 5.20. The van der Waals surface area contributed by atoms with Gasteiger partial charge >= 0.3 is 0 Å². The lowest BCUT2D eigenvalue weighted by atomic mass is 9.93. The van der Waals surface area contributed by atoms with E-state index in [9.17, 15) is 13.2 Å². The molecular formula is C20H33N3O3S. The van der Waals surface area contributed by atoms with E-state index >= 15 is 0 Å². The molecule has 0 saturated carbocycles. The monoisotopic (exact) mass is 395 g/mol. The Hall–Kier alpha value is -1.44. The number of sulfonamides is 1. The van der Waals surface area contributed by atoms with E-state index in [1.165, 1.54) is 10.4 Å². The molecule has 1 aromatic carbocycles. The van der Waals surface area contributed by atoms with Crippen molar-refractivity contribution in [1.29, 1.82) is 0 Å². The summed E-state index contributed by atoms with van der Waals surface area (Å²) in [6.45, 7) is 12.4. The number of likely N-dealkylation sites (N-methyl/N-ethyl adjacent to an activating group) is 1. The Kier molecular flexibility index (Phi) is 7.05. The smallest absolute Gasteiger partial charge is 0.251 e. The van der Waals surface area contributed by atoms with Gasteiger partial charge < -0.3 is 10.2 Å². The molecule has 2 rings (SSSR count). The lowest BCUT2D eigenvalue weighted by Crippen LogP contribution is -2.47. The van der Waals surface area contributed by atoms with Crippen molar-refractivity contribution in [2.75, 3.05) is 33.2 Å². The van der Waals surface area contributed by atoms with E-state index in [4.69, 9.17) is 0 Å². The number of piperazine rings is 1. The fourth-order valence-electron chi connectivity index (χ4n) is 3.52. The second-order valence-electron chi connectivity index (χ2n) is 8.17. The first kappa shape index (κ1) is 21.9. The van der Waals surface area contributed by atoms with E-state index < -0.39 is 10.0 Å². The van der Waals surface area contributed by atoms with Gasteiger partial charge in [0.2, 0.25) is 10.0 Å². The van der Waals surface area contributed by atoms with Crippen molar-refractivity contribution in [3.8, 4) is 0 Å². The number of benzene rings is 1. The van der Waals surface area contributed by atoms with Crippen LogP contribution in [-0.2, 0) is 10.0 Å². The van der Waals surface area contributed by atoms with Crippen LogP contribution >= 0.6 is 0 Å². The van der Waals surface area contributed by atoms with Crippen LogP contribution in [0.1, 0.15) is 43.6 Å². The molecular weight excluding hydrogens is 362 g/mol. The summed E-state index contributed by atoms with van der Waals surface area (Å²) in [6.07, 6.45) is 0. The largest absolute Gasteiger partial charge is 0.349 e. The summed E-state index contributed by atoms with van der Waals surface area (Å²) >= 11 is 0. The van der Waals surface area contributed by atoms with Gasteiger partial charge in [-0.3, -0.25) is 4.79 Å². The number of hydrogen-bond donors (Lipinski definition) is 1. The maximum Gasteiger partial charge on any atom is 0.251 e. The second-order valence-corrected chi connectivity index (χ2v) is 10.1. The summed E-state index contributed by atoms with van der Waals surface area (Å²) < 4.78 is 27.7. The minimum Gasteiger partial charge on any atom is -0.349 e. The zero-order valence-corrected chi connectivity index (χ0v) is 18.1. The van der Waals surface area contributed by atoms with Gasteiger partial charge in [-0.05, 0) is 43.5 Å². The molecule has 152 valence electrons. The quantitative estimate of drug-likeness (QED) is 0.803. The molecule has 0 aliphatic carbocycles. The third kappa shape index (κ3) is 5.09. The van der Waals surface area contributed by atoms with Crippen LogP contribution in [-0.4, -0.2) is 62.8 Å². The number of carbonyl (C=O) groups is 1. The maximum absolute atomic E-state index is 13.1. The number of hydrogen-bond acceptors (Lipinski definition) is 4. The summed E-state index contributed by atoms with van der Waals surface area (Å²) in [4.78, 5) is 15.1. The zero-order valence-electron chi connectivity index (χ0n) is 17.3. The number of aryl methyl sites for hydroxylation is 1. The number of carbonyl (C=O) groups excluding carboxylic acids is 1. The molecule has 6 nitrogen and oxygen atoms in total. The van der Waals surface area contributed by atoms with Crippen molar-refractivity contribution in [3.63, 3.8) is 0 Å². The van der Waals surface area contributed by atoms with E-state index in [0.29, 0.717) is 49.1 Å². The summed E-state index contributed by atoms with van der Waals surface area (Å²) in [7, 11) is -1.62. The van der Waals surface area contributed by atoms with E-state index in [-0.39, 0.29) is 16.8 Å². The predicted octanol–water partition coefficient (Wildman–Crippen LogP) is 2.34. The van der Waals surface area contributed by atoms with Crippen molar-refractivity contribution < 1.29 is 13.2 Å². The third-order valence-electron chi connectivity index (χ3n) is 5.26. The van der Waals surface area contributed by atoms with Crippen LogP contribution in [0, 0.1) is 18.8 Å². The van der Waals surface area contributed by atoms with E-state index in [1.807, 2.05) is 7.05 Å². The Morgan fingerprint density at radius 2 is 1.59 bits per heavy atom. The van der Waals surface area contributed by atoms with E-state index in [2.05, 4.69) is 37.9 Å². The van der Waals surface area contributed by atoms with Gasteiger partial charge in [0.15, 0.2) is 0 Å². The van der Waals surface area contributed by atoms with Gasteiger partial charge in [-0.2, -0.15) is 4.31 Å². The summed E-state index contributed by atoms with van der Waals surface area (Å²) in [5.41, 5.74) is 1.05. The number of amides is 1. The van der Waals surface area contributed by atoms with Crippen molar-refractivity contribution >= 4 is 15.9 Å². The minimum absolute atomic E-state index is 0.0384. The molecule has 0 unspecified atom stereocenters. The normalized spacial score (nSPS) is 17.1. The van der Waals surface area contributed by atoms with Crippen LogP contribution in [0.4, 0.5) is 0 Å². The zero-order chi connectivity index (χ0) is 20.4. The molecule has 0 aromatic heterocycles. The molecule has 1 aromatic rings. The average Bonchev–Trinajstić information content (AvgIpc) is 2.59. The van der Waals surface area contributed by atoms with Gasteiger partial charge in [0.25, 0.3) is 5.91 Å². The molecule has 0 spiro atoms. The molecule has 1 fully saturated rings. The van der Waals surface area contributed by atoms with Crippen molar-refractivity contribution in [3.05, 3.63) is 29.3 Å². The van der Waals surface area contributed by atoms with Gasteiger partial charge in [0, 0.05) is 37.8 Å². The Labute approximate surface area is 164 Å². The van der Waals surface area contributed by atoms with Gasteiger partial charge in [-0.1, -0.05) is 33.8 Å². The van der Waals surface area contributed by atoms with E-state index in [0.717, 1.165) is 0 Å². The summed E-state index contributed by atoms with van der Waals surface area (Å²) in [5.74, 6) is 0.373. The molecule has 0 bridgehead atoms. The Balaban J connectivity index is 2.29. The first-order valence-electron chi connectivity index (χ1n) is 9.64. The Morgan fingerprint density at radius 1 is 1.04 bits per heavy atom. The van der Waals surface area contributed by atoms with Gasteiger partial charge in [-0.25, -0.2) is 8.42 Å². The maximum atomic E-state index is 13.1. The highest BCUT2D eigenvalue weighted by molar-refractivity contribution is 7.89. The molecule has 0 radical (unpaired) electrons. The van der Waals surface area contributed by atoms with E-state index in [1.54, 1.807) is 19.1 Å². The second kappa shape index (κ2) is 8.71. The van der Waals surface area contributed by atoms with Crippen molar-refractivity contribution in [1.82, 2.24) is 14.5 Å². The van der Waals surface area contributed by atoms with Crippen LogP contribution in [0.2, 0.25) is 0 Å². The van der Waals surface area contributed by atoms with Crippen LogP contribution in [0.25, 0.3) is 0 Å². The first-order chi connectivity index (χ1) is 12.5. The highest BCUT2D eigenvalue weighted by Crippen LogP contribution is 2.23. The molecule has 1 saturated heterocycles. The standard InChI is InChI=1S/C20H33N3O3S/c1-14(2)19(15(3)4)21-20(24)17-8-7-16(5)18(13-17)27(25,26)23-11-9-22(6)10-12-23/h7-8,13-15,19H,9-12H2,1-6H3,(H,21,24). The van der Waals surface area contributed by atoms with Crippen LogP contribution in [0.3, 0.4) is 0 Å². The average molecular weight is 396 g/mol. The minimum atomic E-state index is -3.61. The van der Waals surface area contributed by atoms with Crippen LogP contribution in [0.15, 0.2) is 23.1 Å². The molecule has 7 heteroatoms. The Bertz CT molecular complexity index is 759. The topological polar surface area (TPSA) is 69.7 Å². The number of rotatable bonds is 6. The number of nitrogens with zero attached hydrogens (tertiary/aromatic N) is 2. The van der Waals surface area contributed by atoms with Crippen LogP contribution in [0.5, 0.6) is 0 Å². The lowest BCUT2D eigenvalue weighted by molar-refractivity contribution is 0.0910. The van der Waals surface area contributed by atoms with Crippen molar-refractivity contribution in [2.24, 2.45) is 11.8 Å². The van der Waals surface area contributed by atoms with Gasteiger partial charge in [0.1, 0.15) is 0 Å². The van der Waals surface area contributed by atoms with Gasteiger partial charge in [0.05, 0.1) is 4.90 Å². The molecule has 1 heterocycles. The van der Waals surface area contributed by atoms with Gasteiger partial charge in [-0.15, -0.1) is 0 Å². The summed E-state index contributed by atoms with van der Waals surface area (Å²) in [6, 6.07) is 4.98. The van der Waals surface area contributed by atoms with Crippen molar-refractivity contribution in [2.45, 2.75) is 45.6 Å². The highest BCUT2D eigenvalue weighted by atomic mass is 32.2. The Morgan fingerprint density at radius 3 is 2.11 bits per heavy atom. The fraction of sp³-hybridized carbons (Fsp3) is 0.650. The molecule has 0 atom stereocenters. The highest BCUT2D eigenvalue weighted by Gasteiger charge is 2.29. The molecule has 27 heavy (non-hydrogen) atoms. The molecule has 1 aliphatic rings.